The summed E-state index contributed by atoms with van der Waals surface area (Å²) >= 11 is 0. The van der Waals surface area contributed by atoms with Gasteiger partial charge in [-0.1, -0.05) is 156 Å². The Morgan fingerprint density at radius 3 is 0.933 bits per heavy atom. The van der Waals surface area contributed by atoms with Gasteiger partial charge in [0.15, 0.2) is 0 Å². The van der Waals surface area contributed by atoms with Gasteiger partial charge in [-0.25, -0.2) is 44.9 Å². The maximum Gasteiger partial charge on any atom is 2.00 e. The van der Waals surface area contributed by atoms with Crippen molar-refractivity contribution < 1.29 is 74.2 Å². The van der Waals surface area contributed by atoms with Crippen LogP contribution in [0.4, 0.5) is 34.6 Å². The summed E-state index contributed by atoms with van der Waals surface area (Å²) in [5, 5.41) is 4.82. The van der Waals surface area contributed by atoms with Gasteiger partial charge in [0.1, 0.15) is 34.6 Å². The molecular formula is C90H126N10V4. The van der Waals surface area contributed by atoms with E-state index < -0.39 is 0 Å². The third-order valence-electron chi connectivity index (χ3n) is 18.1. The quantitative estimate of drug-likeness (QED) is 0.0545. The Morgan fingerprint density at radius 2 is 0.587 bits per heavy atom. The first-order chi connectivity index (χ1) is 47.3. The third-order valence-corrected chi connectivity index (χ3v) is 18.1. The van der Waals surface area contributed by atoms with E-state index in [1.54, 1.807) is 27.7 Å². The molecule has 0 saturated heterocycles. The summed E-state index contributed by atoms with van der Waals surface area (Å²) in [4.78, 5) is 27.1. The van der Waals surface area contributed by atoms with Crippen LogP contribution >= 0.6 is 0 Å². The molecule has 12 rings (SSSR count). The minimum Gasteiger partial charge on any atom is -0.384 e. The van der Waals surface area contributed by atoms with Gasteiger partial charge in [-0.05, 0) is 205 Å². The maximum absolute atomic E-state index is 6.14. The number of hydrogen-bond donors (Lipinski definition) is 4. The smallest absolute Gasteiger partial charge is 0.384 e. The van der Waals surface area contributed by atoms with Crippen LogP contribution in [0.1, 0.15) is 243 Å². The summed E-state index contributed by atoms with van der Waals surface area (Å²) in [7, 11) is 0. The minimum atomic E-state index is 0. The van der Waals surface area contributed by atoms with E-state index in [-0.39, 0.29) is 74.2 Å². The Hall–Kier alpha value is -5.64. The zero-order chi connectivity index (χ0) is 74.5. The van der Waals surface area contributed by atoms with E-state index in [2.05, 4.69) is 253 Å². The second-order valence-corrected chi connectivity index (χ2v) is 31.6. The average Bonchev–Trinajstić information content (AvgIpc) is 1.57. The molecule has 4 aromatic heterocycles. The molecule has 10 nitrogen and oxygen atoms in total. The van der Waals surface area contributed by atoms with Crippen LogP contribution in [0, 0.1) is 77.0 Å². The van der Waals surface area contributed by atoms with Crippen molar-refractivity contribution in [1.82, 2.24) is 19.9 Å². The van der Waals surface area contributed by atoms with Crippen LogP contribution in [0.15, 0.2) is 93.9 Å². The van der Waals surface area contributed by atoms with Crippen LogP contribution < -0.4 is 22.9 Å². The SMILES string of the molecule is [CH2-]C.[CH2-]C.[CH2-]C.[CH2-]C.[CH2-]C1=Cc2c(N)nc3cc(CCCCC(C)(C)C)ccc3c2C1.[CH2-]C1=Cc2c(N)nc3ccc(CCCCC(C)(C)C)cc3c2C1.[CH2-]C1=Nc2c(N)nc3cc(CCCCC(C)(C)C)ccc3c2C1.[CH2-]C1=Nc2c(N)nc3ccc(CCCCC(C)(C)C)cc3c2C1.[V+2].[V+2].[V+2].[V+2]. The molecule has 0 bridgehead atoms. The molecule has 4 radical (unpaired) electrons. The second kappa shape index (κ2) is 44.6. The molecule has 0 fully saturated rings. The zero-order valence-electron chi connectivity index (χ0n) is 66.7. The first-order valence-corrected chi connectivity index (χ1v) is 36.8. The van der Waals surface area contributed by atoms with E-state index in [0.717, 1.165) is 124 Å². The van der Waals surface area contributed by atoms with Crippen molar-refractivity contribution in [2.75, 3.05) is 22.9 Å². The number of aryl methyl sites for hydroxylation is 4. The van der Waals surface area contributed by atoms with Crippen molar-refractivity contribution in [2.24, 2.45) is 31.6 Å². The van der Waals surface area contributed by atoms with Gasteiger partial charge in [-0.3, -0.25) is 9.98 Å². The molecule has 8 N–H and O–H groups in total. The Morgan fingerprint density at radius 1 is 0.317 bits per heavy atom. The van der Waals surface area contributed by atoms with Gasteiger partial charge >= 0.3 is 74.2 Å². The summed E-state index contributed by atoms with van der Waals surface area (Å²) in [6.07, 6.45) is 27.1. The second-order valence-electron chi connectivity index (χ2n) is 31.6. The van der Waals surface area contributed by atoms with E-state index in [9.17, 15) is 0 Å². The van der Waals surface area contributed by atoms with Crippen LogP contribution in [-0.2, 0) is 126 Å². The summed E-state index contributed by atoms with van der Waals surface area (Å²) in [6.45, 7) is 63.7. The Kier molecular flexibility index (Phi) is 41.3. The molecule has 0 spiro atoms. The van der Waals surface area contributed by atoms with Gasteiger partial charge in [0, 0.05) is 21.5 Å². The zero-order valence-corrected chi connectivity index (χ0v) is 72.3. The summed E-state index contributed by atoms with van der Waals surface area (Å²) in [5.74, 6) is 2.31. The molecule has 104 heavy (non-hydrogen) atoms. The molecule has 2 aliphatic carbocycles. The number of allylic oxidation sites excluding steroid dienone is 2. The van der Waals surface area contributed by atoms with E-state index >= 15 is 0 Å². The van der Waals surface area contributed by atoms with E-state index in [4.69, 9.17) is 22.9 Å². The maximum atomic E-state index is 6.14. The molecule has 6 heterocycles. The fourth-order valence-corrected chi connectivity index (χ4v) is 13.2. The Labute approximate surface area is 679 Å². The number of unbranched alkanes of at least 4 members (excludes halogenated alkanes) is 4. The van der Waals surface area contributed by atoms with Crippen molar-refractivity contribution in [2.45, 2.75) is 239 Å². The van der Waals surface area contributed by atoms with Gasteiger partial charge in [0.25, 0.3) is 0 Å². The number of rotatable bonds is 16. The van der Waals surface area contributed by atoms with Crippen molar-refractivity contribution in [1.29, 1.82) is 0 Å². The molecule has 4 aliphatic rings. The molecule has 0 atom stereocenters. The summed E-state index contributed by atoms with van der Waals surface area (Å²) in [6, 6.07) is 26.4. The Balaban J connectivity index is 0.000000662. The van der Waals surface area contributed by atoms with Gasteiger partial charge in [-0.15, -0.1) is 11.4 Å². The summed E-state index contributed by atoms with van der Waals surface area (Å²) in [5.41, 5.74) is 48.2. The van der Waals surface area contributed by atoms with E-state index in [1.807, 2.05) is 0 Å². The van der Waals surface area contributed by atoms with Gasteiger partial charge in [0.05, 0.1) is 22.1 Å². The number of aromatic nitrogens is 4. The fraction of sp³-hybridized carbons (Fsp3) is 0.444. The van der Waals surface area contributed by atoms with E-state index in [1.165, 1.54) is 138 Å². The molecule has 2 aliphatic heterocycles. The van der Waals surface area contributed by atoms with Crippen molar-refractivity contribution >= 4 is 102 Å². The molecule has 14 heteroatoms. The topological polar surface area (TPSA) is 180 Å². The first-order valence-electron chi connectivity index (χ1n) is 36.8. The standard InChI is InChI=1S/2C21H27N2.2C20H26N3.4C2H5.4V/c1-14-11-16-17-13-15(7-5-6-10-21(2,3)4)8-9-19(17)23-20(22)18(16)12-14;1-14-11-17-16-9-8-15(7-5-6-10-21(2,3)4)13-19(16)23-20(22)18(17)12-14;1-13-11-16-15-12-14(7-5-6-10-20(2,3)4)8-9-17(15)23-19(21)18(16)22-13;1-13-11-16-15-9-8-14(7-5-6-10-20(2,3)4)12-17(15)23-19(21)18(16)22-13;4*1-2;;;;/h2*8-9,12-13H,1,5-7,10-11H2,2-4H3,(H2,22,23);2*8-9,12H,1,5-7,10-11H2,2-4H3,(H2,21,23);4*1H2,2H3;;;;/q8*-1;4*+2. The number of nitrogens with two attached hydrogens (primary N) is 4. The predicted molar refractivity (Wildman–Crippen MR) is 443 cm³/mol. The number of fused-ring (bicyclic) bond motifs is 12. The number of hydrogen-bond acceptors (Lipinski definition) is 10. The van der Waals surface area contributed by atoms with Crippen LogP contribution in [0.2, 0.25) is 0 Å². The molecular weight excluding hydrogens is 1420 g/mol. The van der Waals surface area contributed by atoms with Crippen LogP contribution in [0.3, 0.4) is 0 Å². The Bertz CT molecular complexity index is 3890. The van der Waals surface area contributed by atoms with Gasteiger partial charge in [-0.2, -0.15) is 39.8 Å². The molecule has 8 aromatic rings. The van der Waals surface area contributed by atoms with Crippen molar-refractivity contribution in [3.63, 3.8) is 0 Å². The summed E-state index contributed by atoms with van der Waals surface area (Å²) < 4.78 is 0. The van der Waals surface area contributed by atoms with Crippen molar-refractivity contribution in [3.05, 3.63) is 195 Å². The molecule has 4 aromatic carbocycles. The normalized spacial score (nSPS) is 12.7. The fourth-order valence-electron chi connectivity index (χ4n) is 13.2. The van der Waals surface area contributed by atoms with Gasteiger partial charge in [0.2, 0.25) is 0 Å². The predicted octanol–water partition coefficient (Wildman–Crippen LogP) is 24.1. The number of nitrogens with zero attached hydrogens (tertiary/aromatic N) is 6. The third kappa shape index (κ3) is 28.8. The number of benzene rings is 4. The average molecular weight is 1550 g/mol. The molecule has 556 valence electrons. The molecule has 0 saturated carbocycles. The largest absolute Gasteiger partial charge is 2.00 e. The monoisotopic (exact) mass is 1550 g/mol. The number of nitrogen functional groups attached to an aromatic ring is 4. The van der Waals surface area contributed by atoms with Crippen LogP contribution in [0.5, 0.6) is 0 Å². The molecule has 0 unspecified atom stereocenters. The number of aliphatic imine (C=N–C) groups is 2. The first kappa shape index (κ1) is 96.4. The number of anilines is 4. The van der Waals surface area contributed by atoms with Crippen LogP contribution in [-0.4, -0.2) is 31.4 Å². The van der Waals surface area contributed by atoms with Crippen molar-refractivity contribution in [3.8, 4) is 0 Å². The molecule has 0 amide bonds. The minimum absolute atomic E-state index is 0. The van der Waals surface area contributed by atoms with E-state index in [0.29, 0.717) is 44.9 Å². The number of pyridine rings is 4. The van der Waals surface area contributed by atoms with Gasteiger partial charge < -0.3 is 64.5 Å². The van der Waals surface area contributed by atoms with Crippen LogP contribution in [0.25, 0.3) is 55.8 Å².